The quantitative estimate of drug-likeness (QED) is 0.195. The van der Waals surface area contributed by atoms with Crippen molar-refractivity contribution in [2.24, 2.45) is 11.8 Å². The number of hydrogen-bond donors (Lipinski definition) is 3. The maximum Gasteiger partial charge on any atom is 0.422 e. The lowest BCUT2D eigenvalue weighted by Gasteiger charge is -2.42. The van der Waals surface area contributed by atoms with Crippen molar-refractivity contribution in [3.63, 3.8) is 0 Å². The molecule has 0 unspecified atom stereocenters. The monoisotopic (exact) mass is 1500 g/mol. The molecule has 3 N–H and O–H groups in total. The molecular formula is C73H100F8N12O13. The number of aryl methyl sites for hydroxylation is 1. The Morgan fingerprint density at radius 2 is 1.29 bits per heavy atom. The average Bonchev–Trinajstić information content (AvgIpc) is 1.53. The second-order valence-corrected chi connectivity index (χ2v) is 28.9. The third-order valence-corrected chi connectivity index (χ3v) is 21.5. The van der Waals surface area contributed by atoms with Crippen molar-refractivity contribution in [1.82, 2.24) is 60.0 Å². The van der Waals surface area contributed by atoms with Crippen LogP contribution in [0, 0.1) is 23.5 Å². The van der Waals surface area contributed by atoms with Gasteiger partial charge in [0.05, 0.1) is 31.2 Å². The van der Waals surface area contributed by atoms with E-state index in [2.05, 4.69) is 16.0 Å². The number of ether oxygens (including phenoxy) is 1. The summed E-state index contributed by atoms with van der Waals surface area (Å²) in [4.78, 5) is 189. The van der Waals surface area contributed by atoms with Crippen molar-refractivity contribution >= 4 is 70.9 Å². The highest BCUT2D eigenvalue weighted by Crippen LogP contribution is 2.39. The van der Waals surface area contributed by atoms with Gasteiger partial charge in [-0.25, -0.2) is 8.78 Å². The van der Waals surface area contributed by atoms with Crippen LogP contribution >= 0.6 is 0 Å². The van der Waals surface area contributed by atoms with Gasteiger partial charge in [0.25, 0.3) is 0 Å². The van der Waals surface area contributed by atoms with E-state index in [-0.39, 0.29) is 57.4 Å². The van der Waals surface area contributed by atoms with Crippen LogP contribution in [0.1, 0.15) is 140 Å². The minimum atomic E-state index is -5.46. The van der Waals surface area contributed by atoms with Gasteiger partial charge in [-0.3, -0.25) is 57.5 Å². The summed E-state index contributed by atoms with van der Waals surface area (Å²) >= 11 is 0. The van der Waals surface area contributed by atoms with E-state index in [1.54, 1.807) is 32.9 Å². The third kappa shape index (κ3) is 19.9. The normalized spacial score (nSPS) is 26.4. The molecule has 33 heteroatoms. The molecule has 0 aromatic heterocycles. The van der Waals surface area contributed by atoms with Crippen LogP contribution in [0.25, 0.3) is 0 Å². The summed E-state index contributed by atoms with van der Waals surface area (Å²) in [6.45, 7) is 4.26. The molecule has 2 saturated carbocycles. The van der Waals surface area contributed by atoms with Gasteiger partial charge in [0.2, 0.25) is 70.9 Å². The summed E-state index contributed by atoms with van der Waals surface area (Å²) in [5.41, 5.74) is -5.27. The molecule has 2 aliphatic carbocycles. The molecule has 3 heterocycles. The first-order valence-corrected chi connectivity index (χ1v) is 35.9. The van der Waals surface area contributed by atoms with Crippen LogP contribution in [-0.2, 0) is 87.5 Å². The summed E-state index contributed by atoms with van der Waals surface area (Å²) in [5.74, 6) is -15.2. The zero-order valence-electron chi connectivity index (χ0n) is 62.2. The number of carbonyl (C=O) groups excluding carboxylic acids is 12. The fraction of sp³-hybridized carbons (Fsp3) is 0.644. The second kappa shape index (κ2) is 35.7. The number of hydrogen-bond acceptors (Lipinski definition) is 13. The molecular weight excluding hydrogens is 1400 g/mol. The lowest BCUT2D eigenvalue weighted by molar-refractivity contribution is -0.156. The molecule has 7 rings (SSSR count). The largest absolute Gasteiger partial charge is 0.422 e. The first kappa shape index (κ1) is 84.5. The van der Waals surface area contributed by atoms with Crippen LogP contribution in [0.2, 0.25) is 0 Å². The molecule has 12 amide bonds. The van der Waals surface area contributed by atoms with Crippen LogP contribution in [0.3, 0.4) is 0 Å². The topological polar surface area (TPSA) is 279 Å². The van der Waals surface area contributed by atoms with Gasteiger partial charge in [-0.05, 0) is 112 Å². The van der Waals surface area contributed by atoms with Gasteiger partial charge in [0.15, 0.2) is 0 Å². The maximum absolute atomic E-state index is 15.6. The lowest BCUT2D eigenvalue weighted by Crippen LogP contribution is -2.65. The number of nitrogens with one attached hydrogen (secondary N) is 3. The molecule has 1 spiro atoms. The Kier molecular flexibility index (Phi) is 28.5. The van der Waals surface area contributed by atoms with E-state index >= 15 is 37.5 Å². The number of fused-ring (bicyclic) bond motifs is 3. The highest BCUT2D eigenvalue weighted by atomic mass is 19.4. The van der Waals surface area contributed by atoms with Crippen molar-refractivity contribution in [3.05, 3.63) is 82.4 Å². The number of halogens is 8. The summed E-state index contributed by atoms with van der Waals surface area (Å²) in [6.07, 6.45) is -7.10. The SMILES string of the molecule is CCO[C@@H]1C[C@H]2C(=O)NC3(CCCC3)C(=O)N(C)[C@@H](C3CCCC3)C(=O)N(C)[C@H](C(=O)N(C)C)CC(=O)N(C)[C@@H](C)C(=O)N[C@@H]([C@@H](C)CC)C(=O)N(C)CC(=O)N(C)[C@H]3C/C=C\CCN(C3=O)[C@@H](Cc3ccc(C(F)(F)F)cc3)C(=O)N(C)CC(=O)N[C@@H](CCc3cc(F)c(C(F)(F)F)c(F)c3)C(=O)N2C1. The van der Waals surface area contributed by atoms with E-state index in [1.807, 2.05) is 0 Å². The molecule has 0 radical (unpaired) electrons. The van der Waals surface area contributed by atoms with Gasteiger partial charge in [0, 0.05) is 88.9 Å². The van der Waals surface area contributed by atoms with Crippen LogP contribution in [0.15, 0.2) is 48.6 Å². The predicted molar refractivity (Wildman–Crippen MR) is 369 cm³/mol. The number of rotatable bonds is 11. The summed E-state index contributed by atoms with van der Waals surface area (Å²) in [5, 5.41) is 8.21. The van der Waals surface area contributed by atoms with Crippen LogP contribution in [-0.4, -0.2) is 264 Å². The number of amides is 12. The zero-order valence-corrected chi connectivity index (χ0v) is 62.2. The molecule has 2 saturated heterocycles. The van der Waals surface area contributed by atoms with Crippen molar-refractivity contribution in [2.75, 3.05) is 89.2 Å². The van der Waals surface area contributed by atoms with Gasteiger partial charge in [0.1, 0.15) is 71.1 Å². The maximum atomic E-state index is 15.6. The molecule has 3 aliphatic heterocycles. The zero-order chi connectivity index (χ0) is 78.8. The smallest absolute Gasteiger partial charge is 0.377 e. The first-order valence-electron chi connectivity index (χ1n) is 35.9. The minimum absolute atomic E-state index is 0.0345. The molecule has 106 heavy (non-hydrogen) atoms. The van der Waals surface area contributed by atoms with Crippen molar-refractivity contribution < 1.29 is 97.4 Å². The van der Waals surface area contributed by atoms with Crippen molar-refractivity contribution in [2.45, 2.75) is 203 Å². The Hall–Kier alpha value is -8.78. The molecule has 2 bridgehead atoms. The van der Waals surface area contributed by atoms with Gasteiger partial charge in [-0.2, -0.15) is 26.3 Å². The molecule has 4 fully saturated rings. The number of carbonyl (C=O) groups is 12. The van der Waals surface area contributed by atoms with Gasteiger partial charge >= 0.3 is 12.4 Å². The van der Waals surface area contributed by atoms with E-state index in [9.17, 15) is 55.1 Å². The van der Waals surface area contributed by atoms with E-state index in [0.29, 0.717) is 57.1 Å². The minimum Gasteiger partial charge on any atom is -0.377 e. The summed E-state index contributed by atoms with van der Waals surface area (Å²) in [7, 11) is 10.6. The Morgan fingerprint density at radius 3 is 1.87 bits per heavy atom. The van der Waals surface area contributed by atoms with Gasteiger partial charge < -0.3 is 64.8 Å². The van der Waals surface area contributed by atoms with E-state index < -0.39 is 222 Å². The highest BCUT2D eigenvalue weighted by molar-refractivity contribution is 6.01. The van der Waals surface area contributed by atoms with Crippen molar-refractivity contribution in [3.8, 4) is 0 Å². The van der Waals surface area contributed by atoms with Crippen LogP contribution in [0.4, 0.5) is 35.1 Å². The Balaban J connectivity index is 1.34. The Labute approximate surface area is 612 Å². The highest BCUT2D eigenvalue weighted by Gasteiger charge is 2.53. The standard InChI is InChI=1S/C73H100F8N12O13/c1-13-42(3)60-68(103)87(8)41-58(96)89(10)52-24-16-15-21-33-92(67(52)102)55(36-44-25-28-47(29-26-44)72(76,77)78)66(101)86(7)40-56(94)82-51(30-27-45-34-49(74)59(50(75)35-45)73(79,80)81)64(99)93-39-48(106-14-2)37-53(93)63(98)84-71(31-19-20-32-71)70(105)91(12)61(46-22-17-18-23-46)69(104)90(11)54(65(100)85(5)6)38-57(95)88(9)43(4)62(97)83-60/h15-16,25-26,28-29,34-35,42-43,46,48,51-55,60-61H,13-14,17-24,27,30-33,36-41H2,1-12H3,(H,82,94)(H,83,97)(H,84,98)/b16-15-/t42-,43-,48+,51-,52-,53-,54-,55-,60-,61-/m0/s1. The average molecular weight is 1510 g/mol. The molecule has 5 aliphatic rings. The second-order valence-electron chi connectivity index (χ2n) is 28.9. The summed E-state index contributed by atoms with van der Waals surface area (Å²) in [6, 6.07) is -7.36. The van der Waals surface area contributed by atoms with E-state index in [4.69, 9.17) is 4.74 Å². The summed E-state index contributed by atoms with van der Waals surface area (Å²) < 4.78 is 120. The Morgan fingerprint density at radius 1 is 0.679 bits per heavy atom. The van der Waals surface area contributed by atoms with Crippen LogP contribution in [0.5, 0.6) is 0 Å². The third-order valence-electron chi connectivity index (χ3n) is 21.5. The predicted octanol–water partition coefficient (Wildman–Crippen LogP) is 5.10. The van der Waals surface area contributed by atoms with E-state index in [0.717, 1.165) is 65.6 Å². The van der Waals surface area contributed by atoms with Crippen molar-refractivity contribution in [1.29, 1.82) is 0 Å². The number of nitrogens with zero attached hydrogens (tertiary/aromatic N) is 9. The fourth-order valence-electron chi connectivity index (χ4n) is 14.8. The first-order chi connectivity index (χ1) is 49.7. The molecule has 25 nitrogen and oxygen atoms in total. The molecule has 2 aromatic carbocycles. The number of benzene rings is 2. The van der Waals surface area contributed by atoms with Gasteiger partial charge in [-0.15, -0.1) is 0 Å². The molecule has 586 valence electrons. The van der Waals surface area contributed by atoms with E-state index in [1.165, 1.54) is 66.1 Å². The lowest BCUT2D eigenvalue weighted by atomic mass is 9.90. The van der Waals surface area contributed by atoms with Gasteiger partial charge in [-0.1, -0.05) is 70.2 Å². The number of alkyl halides is 6. The molecule has 2 aromatic rings. The number of likely N-dealkylation sites (N-methyl/N-ethyl adjacent to an activating group) is 7. The fourth-order valence-corrected chi connectivity index (χ4v) is 14.8. The molecule has 10 atom stereocenters. The Bertz CT molecular complexity index is 3580. The van der Waals surface area contributed by atoms with Crippen LogP contribution < -0.4 is 16.0 Å².